The van der Waals surface area contributed by atoms with Crippen molar-refractivity contribution in [1.82, 2.24) is 0 Å². The van der Waals surface area contributed by atoms with E-state index in [0.717, 1.165) is 7.11 Å². The predicted molar refractivity (Wildman–Crippen MR) is 38.5 cm³/mol. The van der Waals surface area contributed by atoms with Gasteiger partial charge in [-0.3, -0.25) is 4.55 Å². The van der Waals surface area contributed by atoms with Crippen LogP contribution in [0.3, 0.4) is 0 Å². The van der Waals surface area contributed by atoms with E-state index in [2.05, 4.69) is 11.3 Å². The molecule has 1 N–H and O–H groups in total. The van der Waals surface area contributed by atoms with Gasteiger partial charge in [0, 0.05) is 29.6 Å². The van der Waals surface area contributed by atoms with Crippen molar-refractivity contribution >= 4 is 45.6 Å². The molecular weight excluding hydrogens is 183 g/mol. The molecule has 0 saturated carbocycles. The second-order valence-corrected chi connectivity index (χ2v) is 2.83. The number of hydrogen-bond acceptors (Lipinski definition) is 4. The van der Waals surface area contributed by atoms with E-state index in [1.807, 2.05) is 0 Å². The smallest absolute Gasteiger partial charge is 0.351 e. The molecule has 0 aliphatic heterocycles. The summed E-state index contributed by atoms with van der Waals surface area (Å²) in [7, 11) is -3.50. The Hall–Kier alpha value is 0.120. The van der Waals surface area contributed by atoms with Gasteiger partial charge in [0.2, 0.25) is 0 Å². The van der Waals surface area contributed by atoms with Crippen LogP contribution < -0.4 is 0 Å². The molecule has 0 bridgehead atoms. The maximum absolute atomic E-state index is 10.3. The molecule has 59 valence electrons. The Bertz CT molecular complexity index is 254. The molecule has 7 heteroatoms. The standard InChI is InChI=1S/C4H6O5S.Na/c1-3(4(5)9-2)10(6,7)8;/h1H2,2H3,(H,6,7,8);. The molecule has 0 fully saturated rings. The SMILES string of the molecule is C=C(C(=O)OC)S(=O)(=O)O.[Na]. The normalized spacial score (nSPS) is 9.64. The maximum Gasteiger partial charge on any atom is 0.351 e. The van der Waals surface area contributed by atoms with E-state index in [4.69, 9.17) is 4.55 Å². The van der Waals surface area contributed by atoms with Crippen LogP contribution >= 0.6 is 0 Å². The maximum atomic E-state index is 10.3. The minimum atomic E-state index is -4.48. The minimum absolute atomic E-state index is 0. The van der Waals surface area contributed by atoms with Crippen molar-refractivity contribution in [2.75, 3.05) is 7.11 Å². The van der Waals surface area contributed by atoms with Crippen LogP contribution in [0, 0.1) is 0 Å². The van der Waals surface area contributed by atoms with Gasteiger partial charge in [0.1, 0.15) is 0 Å². The number of carbonyl (C=O) groups is 1. The summed E-state index contributed by atoms with van der Waals surface area (Å²) >= 11 is 0. The molecule has 0 saturated heterocycles. The Kier molecular flexibility index (Phi) is 6.09. The Morgan fingerprint density at radius 3 is 2.00 bits per heavy atom. The first-order chi connectivity index (χ1) is 4.39. The molecule has 0 aliphatic carbocycles. The number of esters is 1. The topological polar surface area (TPSA) is 80.7 Å². The fourth-order valence-electron chi connectivity index (χ4n) is 0.219. The van der Waals surface area contributed by atoms with Gasteiger partial charge in [-0.1, -0.05) is 6.58 Å². The summed E-state index contributed by atoms with van der Waals surface area (Å²) in [5.41, 5.74) is 0. The van der Waals surface area contributed by atoms with Crippen LogP contribution in [-0.4, -0.2) is 55.6 Å². The summed E-state index contributed by atoms with van der Waals surface area (Å²) < 4.78 is 32.3. The van der Waals surface area contributed by atoms with E-state index in [-0.39, 0.29) is 29.6 Å². The Morgan fingerprint density at radius 2 is 1.91 bits per heavy atom. The van der Waals surface area contributed by atoms with Crippen LogP contribution in [0.2, 0.25) is 0 Å². The van der Waals surface area contributed by atoms with Crippen molar-refractivity contribution in [3.05, 3.63) is 11.5 Å². The summed E-state index contributed by atoms with van der Waals surface area (Å²) in [6, 6.07) is 0. The van der Waals surface area contributed by atoms with Gasteiger partial charge in [-0.15, -0.1) is 0 Å². The van der Waals surface area contributed by atoms with E-state index in [1.165, 1.54) is 0 Å². The number of ether oxygens (including phenoxy) is 1. The molecule has 5 nitrogen and oxygen atoms in total. The number of methoxy groups -OCH3 is 1. The van der Waals surface area contributed by atoms with Gasteiger partial charge in [0.25, 0.3) is 0 Å². The number of hydrogen-bond donors (Lipinski definition) is 1. The molecular formula is C4H6NaO5S. The van der Waals surface area contributed by atoms with Crippen LogP contribution in [0.15, 0.2) is 11.5 Å². The second-order valence-electron chi connectivity index (χ2n) is 1.39. The van der Waals surface area contributed by atoms with Crippen LogP contribution in [-0.2, 0) is 19.6 Å². The molecule has 0 spiro atoms. The zero-order chi connectivity index (χ0) is 8.36. The van der Waals surface area contributed by atoms with Crippen molar-refractivity contribution in [2.24, 2.45) is 0 Å². The summed E-state index contributed by atoms with van der Waals surface area (Å²) in [6.07, 6.45) is 0. The third kappa shape index (κ3) is 4.54. The first kappa shape index (κ1) is 13.7. The average molecular weight is 189 g/mol. The van der Waals surface area contributed by atoms with Crippen LogP contribution in [0.1, 0.15) is 0 Å². The van der Waals surface area contributed by atoms with E-state index >= 15 is 0 Å². The third-order valence-electron chi connectivity index (χ3n) is 0.724. The third-order valence-corrected chi connectivity index (χ3v) is 1.51. The zero-order valence-electron chi connectivity index (χ0n) is 6.20. The second kappa shape index (κ2) is 4.89. The molecule has 0 amide bonds. The van der Waals surface area contributed by atoms with Crippen molar-refractivity contribution in [1.29, 1.82) is 0 Å². The van der Waals surface area contributed by atoms with Gasteiger partial charge in [-0.05, 0) is 0 Å². The molecule has 1 radical (unpaired) electrons. The molecule has 0 heterocycles. The van der Waals surface area contributed by atoms with Crippen molar-refractivity contribution in [2.45, 2.75) is 0 Å². The fourth-order valence-corrected chi connectivity index (χ4v) is 0.513. The van der Waals surface area contributed by atoms with Crippen LogP contribution in [0.4, 0.5) is 0 Å². The molecule has 11 heavy (non-hydrogen) atoms. The number of carbonyl (C=O) groups excluding carboxylic acids is 1. The van der Waals surface area contributed by atoms with Gasteiger partial charge in [-0.2, -0.15) is 8.42 Å². The first-order valence-electron chi connectivity index (χ1n) is 2.14. The molecule has 0 aromatic heterocycles. The van der Waals surface area contributed by atoms with Crippen molar-refractivity contribution in [3.8, 4) is 0 Å². The number of rotatable bonds is 2. The average Bonchev–Trinajstić information content (AvgIpc) is 1.83. The van der Waals surface area contributed by atoms with Gasteiger partial charge in [0.15, 0.2) is 4.91 Å². The molecule has 0 aliphatic rings. The molecule has 0 unspecified atom stereocenters. The summed E-state index contributed by atoms with van der Waals surface area (Å²) in [6.45, 7) is 2.78. The largest absolute Gasteiger partial charge is 0.465 e. The van der Waals surface area contributed by atoms with E-state index in [1.54, 1.807) is 0 Å². The van der Waals surface area contributed by atoms with E-state index in [9.17, 15) is 13.2 Å². The molecule has 0 atom stereocenters. The zero-order valence-corrected chi connectivity index (χ0v) is 9.01. The Morgan fingerprint density at radius 1 is 1.55 bits per heavy atom. The summed E-state index contributed by atoms with van der Waals surface area (Å²) in [5, 5.41) is 0. The quantitative estimate of drug-likeness (QED) is 0.265. The van der Waals surface area contributed by atoms with Gasteiger partial charge in [0.05, 0.1) is 7.11 Å². The van der Waals surface area contributed by atoms with Crippen molar-refractivity contribution in [3.63, 3.8) is 0 Å². The first-order valence-corrected chi connectivity index (χ1v) is 3.58. The predicted octanol–water partition coefficient (Wildman–Crippen LogP) is -0.820. The summed E-state index contributed by atoms with van der Waals surface area (Å²) in [4.78, 5) is 9.33. The van der Waals surface area contributed by atoms with Crippen molar-refractivity contribution < 1.29 is 22.5 Å². The minimum Gasteiger partial charge on any atom is -0.465 e. The van der Waals surface area contributed by atoms with Crippen LogP contribution in [0.25, 0.3) is 0 Å². The fraction of sp³-hybridized carbons (Fsp3) is 0.250. The van der Waals surface area contributed by atoms with Gasteiger partial charge >= 0.3 is 16.1 Å². The molecule has 0 aromatic rings. The molecule has 0 rings (SSSR count). The Balaban J connectivity index is 0. The van der Waals surface area contributed by atoms with Crippen LogP contribution in [0.5, 0.6) is 0 Å². The van der Waals surface area contributed by atoms with E-state index < -0.39 is 21.0 Å². The van der Waals surface area contributed by atoms with Gasteiger partial charge < -0.3 is 4.74 Å². The summed E-state index contributed by atoms with van der Waals surface area (Å²) in [5.74, 6) is -1.16. The van der Waals surface area contributed by atoms with Gasteiger partial charge in [-0.25, -0.2) is 4.79 Å². The Labute approximate surface area is 86.5 Å². The monoisotopic (exact) mass is 189 g/mol. The van der Waals surface area contributed by atoms with E-state index in [0.29, 0.717) is 0 Å². The molecule has 0 aromatic carbocycles.